The van der Waals surface area contributed by atoms with Crippen LogP contribution in [0.25, 0.3) is 5.69 Å². The number of sulfone groups is 1. The van der Waals surface area contributed by atoms with E-state index in [0.29, 0.717) is 36.7 Å². The zero-order valence-electron chi connectivity index (χ0n) is 16.6. The number of halogens is 1. The van der Waals surface area contributed by atoms with Gasteiger partial charge in [0, 0.05) is 31.7 Å². The number of anilines is 1. The molecule has 0 bridgehead atoms. The van der Waals surface area contributed by atoms with Crippen molar-refractivity contribution in [2.45, 2.75) is 11.5 Å². The molecule has 3 heterocycles. The van der Waals surface area contributed by atoms with Crippen LogP contribution in [0.1, 0.15) is 11.3 Å². The van der Waals surface area contributed by atoms with Crippen LogP contribution in [0.3, 0.4) is 0 Å². The van der Waals surface area contributed by atoms with Crippen molar-refractivity contribution < 1.29 is 27.1 Å². The number of hydrogen-bond donors (Lipinski definition) is 2. The lowest BCUT2D eigenvalue weighted by Crippen LogP contribution is -2.43. The zero-order valence-corrected chi connectivity index (χ0v) is 17.5. The first kappa shape index (κ1) is 21.4. The number of morpholine rings is 1. The van der Waals surface area contributed by atoms with Gasteiger partial charge >= 0.3 is 11.8 Å². The van der Waals surface area contributed by atoms with E-state index in [-0.39, 0.29) is 23.9 Å². The maximum Gasteiger partial charge on any atom is 0.314 e. The number of carbonyl (C=O) groups is 2. The van der Waals surface area contributed by atoms with E-state index in [9.17, 15) is 22.4 Å². The summed E-state index contributed by atoms with van der Waals surface area (Å²) in [6.07, 6.45) is 0. The van der Waals surface area contributed by atoms with E-state index >= 15 is 0 Å². The second-order valence-electron chi connectivity index (χ2n) is 7.36. The monoisotopic (exact) mass is 451 g/mol. The van der Waals surface area contributed by atoms with Crippen molar-refractivity contribution in [2.24, 2.45) is 0 Å². The molecule has 1 aromatic carbocycles. The van der Waals surface area contributed by atoms with Crippen LogP contribution in [0.5, 0.6) is 0 Å². The standard InChI is InChI=1S/C19H22FN5O5S/c20-13-1-3-14(4-2-13)25-17(15-11-31(28,29)12-16(15)23-25)22-19(27)18(26)21-5-6-24-7-9-30-10-8-24/h1-4H,5-12H2,(H,21,26)(H,22,27). The summed E-state index contributed by atoms with van der Waals surface area (Å²) < 4.78 is 43.9. The van der Waals surface area contributed by atoms with Gasteiger partial charge in [-0.25, -0.2) is 17.5 Å². The van der Waals surface area contributed by atoms with Crippen molar-refractivity contribution in [3.8, 4) is 5.69 Å². The predicted molar refractivity (Wildman–Crippen MR) is 109 cm³/mol. The second-order valence-corrected chi connectivity index (χ2v) is 9.42. The zero-order chi connectivity index (χ0) is 22.0. The Morgan fingerprint density at radius 1 is 1.10 bits per heavy atom. The van der Waals surface area contributed by atoms with E-state index in [0.717, 1.165) is 13.1 Å². The minimum absolute atomic E-state index is 0.0935. The van der Waals surface area contributed by atoms with Crippen LogP contribution < -0.4 is 10.6 Å². The lowest BCUT2D eigenvalue weighted by atomic mass is 10.2. The average Bonchev–Trinajstić information content (AvgIpc) is 3.21. The third-order valence-electron chi connectivity index (χ3n) is 5.11. The average molecular weight is 451 g/mol. The molecule has 4 rings (SSSR count). The van der Waals surface area contributed by atoms with Crippen LogP contribution >= 0.6 is 0 Å². The summed E-state index contributed by atoms with van der Waals surface area (Å²) in [5.41, 5.74) is 1.06. The first-order valence-corrected chi connectivity index (χ1v) is 11.6. The number of rotatable bonds is 5. The summed E-state index contributed by atoms with van der Waals surface area (Å²) in [6.45, 7) is 3.67. The quantitative estimate of drug-likeness (QED) is 0.605. The van der Waals surface area contributed by atoms with Gasteiger partial charge in [-0.3, -0.25) is 14.5 Å². The topological polar surface area (TPSA) is 123 Å². The Morgan fingerprint density at radius 2 is 1.81 bits per heavy atom. The molecule has 0 spiro atoms. The molecule has 0 aliphatic carbocycles. The number of benzene rings is 1. The van der Waals surface area contributed by atoms with E-state index in [2.05, 4.69) is 20.6 Å². The van der Waals surface area contributed by atoms with Crippen LogP contribution in [-0.4, -0.2) is 74.3 Å². The van der Waals surface area contributed by atoms with E-state index in [1.165, 1.54) is 28.9 Å². The molecular formula is C19H22FN5O5S. The van der Waals surface area contributed by atoms with Crippen molar-refractivity contribution >= 4 is 27.5 Å². The highest BCUT2D eigenvalue weighted by Gasteiger charge is 2.33. The molecule has 166 valence electrons. The summed E-state index contributed by atoms with van der Waals surface area (Å²) in [6, 6.07) is 5.35. The fourth-order valence-corrected chi connectivity index (χ4v) is 5.03. The minimum Gasteiger partial charge on any atom is -0.379 e. The largest absolute Gasteiger partial charge is 0.379 e. The molecule has 0 radical (unpaired) electrons. The first-order chi connectivity index (χ1) is 14.8. The smallest absolute Gasteiger partial charge is 0.314 e. The summed E-state index contributed by atoms with van der Waals surface area (Å²) in [4.78, 5) is 26.9. The third kappa shape index (κ3) is 4.92. The summed E-state index contributed by atoms with van der Waals surface area (Å²) in [5, 5.41) is 9.32. The van der Waals surface area contributed by atoms with Crippen LogP contribution in [-0.2, 0) is 35.7 Å². The van der Waals surface area contributed by atoms with Crippen LogP contribution in [0, 0.1) is 5.82 Å². The van der Waals surface area contributed by atoms with Crippen molar-refractivity contribution in [1.29, 1.82) is 0 Å². The molecule has 10 nitrogen and oxygen atoms in total. The van der Waals surface area contributed by atoms with Gasteiger partial charge in [-0.05, 0) is 24.3 Å². The number of aromatic nitrogens is 2. The van der Waals surface area contributed by atoms with Crippen molar-refractivity contribution in [2.75, 3.05) is 44.7 Å². The van der Waals surface area contributed by atoms with Gasteiger partial charge < -0.3 is 15.4 Å². The Morgan fingerprint density at radius 3 is 2.52 bits per heavy atom. The second kappa shape index (κ2) is 8.73. The van der Waals surface area contributed by atoms with Gasteiger partial charge in [-0.2, -0.15) is 5.10 Å². The fraction of sp³-hybridized carbons (Fsp3) is 0.421. The van der Waals surface area contributed by atoms with E-state index < -0.39 is 27.5 Å². The lowest BCUT2D eigenvalue weighted by Gasteiger charge is -2.26. The molecule has 2 aliphatic heterocycles. The lowest BCUT2D eigenvalue weighted by molar-refractivity contribution is -0.136. The van der Waals surface area contributed by atoms with Gasteiger partial charge in [0.25, 0.3) is 0 Å². The molecule has 31 heavy (non-hydrogen) atoms. The maximum absolute atomic E-state index is 13.3. The highest BCUT2D eigenvalue weighted by molar-refractivity contribution is 7.90. The number of nitrogens with zero attached hydrogens (tertiary/aromatic N) is 3. The van der Waals surface area contributed by atoms with Crippen molar-refractivity contribution in [3.63, 3.8) is 0 Å². The first-order valence-electron chi connectivity index (χ1n) is 9.79. The Hall–Kier alpha value is -2.83. The molecule has 0 atom stereocenters. The van der Waals surface area contributed by atoms with Gasteiger partial charge in [0.1, 0.15) is 11.6 Å². The Kier molecular flexibility index (Phi) is 6.03. The van der Waals surface area contributed by atoms with Gasteiger partial charge in [0.15, 0.2) is 9.84 Å². The molecule has 0 unspecified atom stereocenters. The van der Waals surface area contributed by atoms with Crippen LogP contribution in [0.2, 0.25) is 0 Å². The highest BCUT2D eigenvalue weighted by Crippen LogP contribution is 2.32. The molecule has 1 fully saturated rings. The normalized spacial score (nSPS) is 17.8. The number of ether oxygens (including phenoxy) is 1. The third-order valence-corrected chi connectivity index (χ3v) is 6.56. The summed E-state index contributed by atoms with van der Waals surface area (Å²) in [7, 11) is -3.38. The van der Waals surface area contributed by atoms with Gasteiger partial charge in [0.2, 0.25) is 0 Å². The Labute approximate surface area is 178 Å². The highest BCUT2D eigenvalue weighted by atomic mass is 32.2. The molecule has 2 N–H and O–H groups in total. The molecule has 2 aromatic rings. The molecule has 2 aliphatic rings. The number of carbonyl (C=O) groups excluding carboxylic acids is 2. The van der Waals surface area contributed by atoms with Crippen LogP contribution in [0.15, 0.2) is 24.3 Å². The SMILES string of the molecule is O=C(NCCN1CCOCC1)C(=O)Nc1c2c(nn1-c1ccc(F)cc1)CS(=O)(=O)C2. The number of amides is 2. The van der Waals surface area contributed by atoms with Crippen molar-refractivity contribution in [3.05, 3.63) is 41.3 Å². The number of nitrogens with one attached hydrogen (secondary N) is 2. The fourth-order valence-electron chi connectivity index (χ4n) is 3.54. The summed E-state index contributed by atoms with van der Waals surface area (Å²) in [5.74, 6) is -2.68. The number of hydrogen-bond acceptors (Lipinski definition) is 7. The number of fused-ring (bicyclic) bond motifs is 1. The van der Waals surface area contributed by atoms with E-state index in [1.54, 1.807) is 0 Å². The molecule has 0 saturated carbocycles. The van der Waals surface area contributed by atoms with E-state index in [4.69, 9.17) is 4.74 Å². The minimum atomic E-state index is -3.38. The van der Waals surface area contributed by atoms with Gasteiger partial charge in [0.05, 0.1) is 36.1 Å². The maximum atomic E-state index is 13.3. The molecule has 1 saturated heterocycles. The molecular weight excluding hydrogens is 429 g/mol. The van der Waals surface area contributed by atoms with Gasteiger partial charge in [-0.1, -0.05) is 0 Å². The Balaban J connectivity index is 1.48. The van der Waals surface area contributed by atoms with Crippen LogP contribution in [0.4, 0.5) is 10.2 Å². The molecule has 1 aromatic heterocycles. The molecule has 2 amide bonds. The molecule has 12 heteroatoms. The van der Waals surface area contributed by atoms with E-state index in [1.807, 2.05) is 0 Å². The summed E-state index contributed by atoms with van der Waals surface area (Å²) >= 11 is 0. The van der Waals surface area contributed by atoms with Crippen molar-refractivity contribution in [1.82, 2.24) is 20.0 Å². The Bertz CT molecular complexity index is 1090. The van der Waals surface area contributed by atoms with Gasteiger partial charge in [-0.15, -0.1) is 0 Å². The predicted octanol–water partition coefficient (Wildman–Crippen LogP) is -0.173.